The smallest absolute Gasteiger partial charge is 0.252 e. The van der Waals surface area contributed by atoms with E-state index in [4.69, 9.17) is 11.6 Å². The number of rotatable bonds is 3. The predicted molar refractivity (Wildman–Crippen MR) is 72.6 cm³/mol. The Morgan fingerprint density at radius 2 is 2.00 bits per heavy atom. The molecule has 2 fully saturated rings. The van der Waals surface area contributed by atoms with Crippen LogP contribution in [-0.4, -0.2) is 12.5 Å². The molecule has 0 aromatic heterocycles. The fourth-order valence-corrected chi connectivity index (χ4v) is 3.88. The molecule has 1 amide bonds. The molecule has 5 heteroatoms. The summed E-state index contributed by atoms with van der Waals surface area (Å²) in [6.45, 7) is 0.593. The van der Waals surface area contributed by atoms with E-state index in [0.717, 1.165) is 24.5 Å². The maximum absolute atomic E-state index is 13.2. The van der Waals surface area contributed by atoms with Gasteiger partial charge in [0, 0.05) is 6.54 Å². The highest BCUT2D eigenvalue weighted by Crippen LogP contribution is 2.47. The maximum Gasteiger partial charge on any atom is 0.252 e. The van der Waals surface area contributed by atoms with Gasteiger partial charge in [0.15, 0.2) is 11.6 Å². The van der Waals surface area contributed by atoms with Gasteiger partial charge in [-0.2, -0.15) is 0 Å². The summed E-state index contributed by atoms with van der Waals surface area (Å²) < 4.78 is 26.1. The van der Waals surface area contributed by atoms with Crippen LogP contribution in [0.1, 0.15) is 36.0 Å². The molecule has 0 heterocycles. The lowest BCUT2D eigenvalue weighted by molar-refractivity contribution is 0.0941. The van der Waals surface area contributed by atoms with Crippen molar-refractivity contribution in [2.75, 3.05) is 6.54 Å². The van der Waals surface area contributed by atoms with Crippen molar-refractivity contribution in [1.82, 2.24) is 5.32 Å². The van der Waals surface area contributed by atoms with Crippen molar-refractivity contribution in [3.8, 4) is 0 Å². The van der Waals surface area contributed by atoms with Crippen LogP contribution in [0.3, 0.4) is 0 Å². The van der Waals surface area contributed by atoms with Crippen molar-refractivity contribution in [3.63, 3.8) is 0 Å². The first-order valence-electron chi connectivity index (χ1n) is 6.97. The van der Waals surface area contributed by atoms with Gasteiger partial charge >= 0.3 is 0 Å². The molecule has 2 bridgehead atoms. The SMILES string of the molecule is O=C(NCC1CC2CCC1C2)c1cc(F)c(F)cc1Cl. The summed E-state index contributed by atoms with van der Waals surface area (Å²) >= 11 is 5.79. The minimum atomic E-state index is -1.06. The Bertz CT molecular complexity index is 549. The highest BCUT2D eigenvalue weighted by Gasteiger charge is 2.39. The molecule has 0 saturated heterocycles. The monoisotopic (exact) mass is 299 g/mol. The van der Waals surface area contributed by atoms with Crippen LogP contribution < -0.4 is 5.32 Å². The van der Waals surface area contributed by atoms with E-state index in [1.165, 1.54) is 19.3 Å². The van der Waals surface area contributed by atoms with Crippen molar-refractivity contribution in [3.05, 3.63) is 34.4 Å². The Morgan fingerprint density at radius 1 is 1.25 bits per heavy atom. The summed E-state index contributed by atoms with van der Waals surface area (Å²) in [5.41, 5.74) is -0.00581. The first-order chi connectivity index (χ1) is 9.54. The summed E-state index contributed by atoms with van der Waals surface area (Å²) in [6, 6.07) is 1.69. The topological polar surface area (TPSA) is 29.1 Å². The molecule has 3 rings (SSSR count). The van der Waals surface area contributed by atoms with E-state index in [-0.39, 0.29) is 10.6 Å². The number of carbonyl (C=O) groups is 1. The Morgan fingerprint density at radius 3 is 2.65 bits per heavy atom. The van der Waals surface area contributed by atoms with Crippen LogP contribution in [-0.2, 0) is 0 Å². The zero-order valence-corrected chi connectivity index (χ0v) is 11.7. The minimum Gasteiger partial charge on any atom is -0.352 e. The second kappa shape index (κ2) is 5.32. The molecule has 3 atom stereocenters. The van der Waals surface area contributed by atoms with E-state index in [9.17, 15) is 13.6 Å². The molecular weight excluding hydrogens is 284 g/mol. The lowest BCUT2D eigenvalue weighted by Crippen LogP contribution is -2.31. The van der Waals surface area contributed by atoms with Gasteiger partial charge in [-0.1, -0.05) is 18.0 Å². The molecule has 108 valence electrons. The van der Waals surface area contributed by atoms with Gasteiger partial charge < -0.3 is 5.32 Å². The molecule has 2 saturated carbocycles. The number of halogens is 3. The molecule has 20 heavy (non-hydrogen) atoms. The molecule has 0 radical (unpaired) electrons. The Labute approximate surface area is 121 Å². The summed E-state index contributed by atoms with van der Waals surface area (Å²) in [7, 11) is 0. The van der Waals surface area contributed by atoms with Crippen LogP contribution >= 0.6 is 11.6 Å². The molecule has 1 aromatic carbocycles. The third-order valence-electron chi connectivity index (χ3n) is 4.66. The highest BCUT2D eigenvalue weighted by atomic mass is 35.5. The third kappa shape index (κ3) is 2.53. The van der Waals surface area contributed by atoms with Gasteiger partial charge in [0.25, 0.3) is 5.91 Å². The Balaban J connectivity index is 1.63. The highest BCUT2D eigenvalue weighted by molar-refractivity contribution is 6.33. The van der Waals surface area contributed by atoms with Crippen LogP contribution in [0.5, 0.6) is 0 Å². The molecule has 2 aliphatic carbocycles. The van der Waals surface area contributed by atoms with Gasteiger partial charge in [-0.25, -0.2) is 8.78 Å². The fraction of sp³-hybridized carbons (Fsp3) is 0.533. The minimum absolute atomic E-state index is 0.00581. The van der Waals surface area contributed by atoms with E-state index in [1.807, 2.05) is 0 Å². The lowest BCUT2D eigenvalue weighted by atomic mass is 9.89. The standard InChI is InChI=1S/C15H16ClF2NO/c16-12-6-14(18)13(17)5-11(12)15(20)19-7-10-4-8-1-2-9(10)3-8/h5-6,8-10H,1-4,7H2,(H,19,20). The number of hydrogen-bond donors (Lipinski definition) is 1. The average molecular weight is 300 g/mol. The van der Waals surface area contributed by atoms with Gasteiger partial charge in [0.2, 0.25) is 0 Å². The lowest BCUT2D eigenvalue weighted by Gasteiger charge is -2.21. The van der Waals surface area contributed by atoms with Crippen LogP contribution in [0.15, 0.2) is 12.1 Å². The zero-order chi connectivity index (χ0) is 14.3. The number of nitrogens with one attached hydrogen (secondary N) is 1. The molecule has 3 unspecified atom stereocenters. The summed E-state index contributed by atoms with van der Waals surface area (Å²) in [4.78, 5) is 12.0. The molecule has 2 aliphatic rings. The van der Waals surface area contributed by atoms with Gasteiger partial charge in [0.1, 0.15) is 0 Å². The van der Waals surface area contributed by atoms with E-state index in [0.29, 0.717) is 18.4 Å². The first kappa shape index (κ1) is 13.8. The van der Waals surface area contributed by atoms with Crippen LogP contribution in [0.25, 0.3) is 0 Å². The van der Waals surface area contributed by atoms with Crippen LogP contribution in [0, 0.1) is 29.4 Å². The molecular formula is C15H16ClF2NO. The average Bonchev–Trinajstić information content (AvgIpc) is 3.02. The van der Waals surface area contributed by atoms with Crippen molar-refractivity contribution in [2.24, 2.45) is 17.8 Å². The number of carbonyl (C=O) groups excluding carboxylic acids is 1. The summed E-state index contributed by atoms with van der Waals surface area (Å²) in [5, 5.41) is 2.74. The zero-order valence-electron chi connectivity index (χ0n) is 11.0. The Kier molecular flexibility index (Phi) is 3.67. The van der Waals surface area contributed by atoms with Crippen LogP contribution in [0.2, 0.25) is 5.02 Å². The fourth-order valence-electron chi connectivity index (χ4n) is 3.64. The normalized spacial score (nSPS) is 27.9. The number of benzene rings is 1. The van der Waals surface area contributed by atoms with Crippen molar-refractivity contribution < 1.29 is 13.6 Å². The van der Waals surface area contributed by atoms with Gasteiger partial charge in [-0.15, -0.1) is 0 Å². The third-order valence-corrected chi connectivity index (χ3v) is 4.98. The molecule has 1 N–H and O–H groups in total. The number of hydrogen-bond acceptors (Lipinski definition) is 1. The largest absolute Gasteiger partial charge is 0.352 e. The Hall–Kier alpha value is -1.16. The maximum atomic E-state index is 13.2. The van der Waals surface area contributed by atoms with E-state index in [1.54, 1.807) is 0 Å². The van der Waals surface area contributed by atoms with Gasteiger partial charge in [-0.3, -0.25) is 4.79 Å². The van der Waals surface area contributed by atoms with E-state index >= 15 is 0 Å². The summed E-state index contributed by atoms with van der Waals surface area (Å²) in [5.74, 6) is -0.493. The number of fused-ring (bicyclic) bond motifs is 2. The van der Waals surface area contributed by atoms with Crippen molar-refractivity contribution in [2.45, 2.75) is 25.7 Å². The van der Waals surface area contributed by atoms with E-state index < -0.39 is 17.5 Å². The molecule has 0 spiro atoms. The van der Waals surface area contributed by atoms with Gasteiger partial charge in [-0.05, 0) is 49.1 Å². The molecule has 0 aliphatic heterocycles. The van der Waals surface area contributed by atoms with Crippen molar-refractivity contribution in [1.29, 1.82) is 0 Å². The summed E-state index contributed by atoms with van der Waals surface area (Å²) in [6.07, 6.45) is 4.99. The van der Waals surface area contributed by atoms with E-state index in [2.05, 4.69) is 5.32 Å². The number of amides is 1. The quantitative estimate of drug-likeness (QED) is 0.846. The molecule has 1 aromatic rings. The second-order valence-electron chi connectivity index (χ2n) is 5.89. The predicted octanol–water partition coefficient (Wildman–Crippen LogP) is 3.78. The van der Waals surface area contributed by atoms with Crippen molar-refractivity contribution >= 4 is 17.5 Å². The first-order valence-corrected chi connectivity index (χ1v) is 7.35. The van der Waals surface area contributed by atoms with Crippen LogP contribution in [0.4, 0.5) is 8.78 Å². The van der Waals surface area contributed by atoms with Gasteiger partial charge in [0.05, 0.1) is 10.6 Å². The second-order valence-corrected chi connectivity index (χ2v) is 6.30. The molecule has 2 nitrogen and oxygen atoms in total.